The molecule has 0 radical (unpaired) electrons. The molecule has 1 aliphatic carbocycles. The summed E-state index contributed by atoms with van der Waals surface area (Å²) in [6.45, 7) is 3.09. The summed E-state index contributed by atoms with van der Waals surface area (Å²) in [6.07, 6.45) is 2.72. The molecule has 1 saturated carbocycles. The molecule has 5 nitrogen and oxygen atoms in total. The molecule has 0 spiro atoms. The van der Waals surface area contributed by atoms with Gasteiger partial charge in [-0.05, 0) is 31.4 Å². The Kier molecular flexibility index (Phi) is 4.67. The zero-order valence-electron chi connectivity index (χ0n) is 11.7. The van der Waals surface area contributed by atoms with Crippen LogP contribution in [0.3, 0.4) is 0 Å². The number of hydrogen-bond donors (Lipinski definition) is 3. The molecule has 0 amide bonds. The average molecular weight is 298 g/mol. The molecular weight excluding hydrogens is 276 g/mol. The van der Waals surface area contributed by atoms with Gasteiger partial charge in [0.1, 0.15) is 4.90 Å². The van der Waals surface area contributed by atoms with Crippen LogP contribution >= 0.6 is 0 Å². The molecule has 0 bridgehead atoms. The van der Waals surface area contributed by atoms with Gasteiger partial charge in [0.05, 0.1) is 12.3 Å². The van der Waals surface area contributed by atoms with Gasteiger partial charge in [0.2, 0.25) is 10.0 Å². The van der Waals surface area contributed by atoms with Crippen molar-refractivity contribution >= 4 is 15.7 Å². The predicted octanol–water partition coefficient (Wildman–Crippen LogP) is 1.56. The van der Waals surface area contributed by atoms with Gasteiger partial charge in [-0.3, -0.25) is 0 Å². The lowest BCUT2D eigenvalue weighted by molar-refractivity contribution is 0.219. The lowest BCUT2D eigenvalue weighted by atomic mass is 10.1. The Bertz CT molecular complexity index is 553. The van der Waals surface area contributed by atoms with E-state index in [-0.39, 0.29) is 16.9 Å². The number of anilines is 1. The fourth-order valence-corrected chi connectivity index (χ4v) is 3.33. The van der Waals surface area contributed by atoms with Gasteiger partial charge in [-0.2, -0.15) is 0 Å². The van der Waals surface area contributed by atoms with Crippen LogP contribution in [-0.2, 0) is 10.0 Å². The van der Waals surface area contributed by atoms with Crippen molar-refractivity contribution < 1.29 is 13.5 Å². The number of aliphatic hydroxyl groups is 1. The minimum Gasteiger partial charge on any atom is -0.396 e. The second kappa shape index (κ2) is 6.11. The first-order valence-corrected chi connectivity index (χ1v) is 8.45. The van der Waals surface area contributed by atoms with E-state index in [1.807, 2.05) is 6.92 Å². The first kappa shape index (κ1) is 15.3. The van der Waals surface area contributed by atoms with Crippen molar-refractivity contribution in [1.29, 1.82) is 0 Å². The highest BCUT2D eigenvalue weighted by atomic mass is 32.2. The second-order valence-electron chi connectivity index (χ2n) is 5.41. The van der Waals surface area contributed by atoms with E-state index in [4.69, 9.17) is 0 Å². The molecule has 0 unspecified atom stereocenters. The van der Waals surface area contributed by atoms with Crippen LogP contribution in [0.1, 0.15) is 26.2 Å². The molecule has 1 aromatic rings. The number of benzene rings is 1. The Hall–Kier alpha value is -1.11. The fraction of sp³-hybridized carbons (Fsp3) is 0.571. The fourth-order valence-electron chi connectivity index (χ4n) is 2.01. The molecule has 1 aliphatic rings. The molecule has 0 saturated heterocycles. The van der Waals surface area contributed by atoms with Crippen molar-refractivity contribution in [3.8, 4) is 0 Å². The van der Waals surface area contributed by atoms with Gasteiger partial charge in [0.15, 0.2) is 0 Å². The molecule has 0 atom stereocenters. The van der Waals surface area contributed by atoms with Gasteiger partial charge in [-0.1, -0.05) is 19.1 Å². The normalized spacial score (nSPS) is 16.9. The molecule has 20 heavy (non-hydrogen) atoms. The first-order valence-electron chi connectivity index (χ1n) is 6.96. The standard InChI is InChI=1S/C14H22N2O3S/c1-2-9-16-20(18,19)13-6-4-3-5-12(13)15-10-14(11-17)7-8-14/h3-6,15-17H,2,7-11H2,1H3. The summed E-state index contributed by atoms with van der Waals surface area (Å²) in [5, 5.41) is 12.5. The van der Waals surface area contributed by atoms with Gasteiger partial charge in [-0.15, -0.1) is 0 Å². The molecule has 1 fully saturated rings. The second-order valence-corrected chi connectivity index (χ2v) is 7.14. The zero-order chi connectivity index (χ0) is 14.6. The van der Waals surface area contributed by atoms with Gasteiger partial charge >= 0.3 is 0 Å². The number of hydrogen-bond acceptors (Lipinski definition) is 4. The van der Waals surface area contributed by atoms with Crippen molar-refractivity contribution in [3.05, 3.63) is 24.3 Å². The molecule has 3 N–H and O–H groups in total. The third kappa shape index (κ3) is 3.50. The summed E-state index contributed by atoms with van der Waals surface area (Å²) < 4.78 is 27.0. The molecule has 2 rings (SSSR count). The highest BCUT2D eigenvalue weighted by Crippen LogP contribution is 2.45. The summed E-state index contributed by atoms with van der Waals surface area (Å²) >= 11 is 0. The van der Waals surface area contributed by atoms with Crippen LogP contribution in [-0.4, -0.2) is 33.2 Å². The SMILES string of the molecule is CCCNS(=O)(=O)c1ccccc1NCC1(CO)CC1. The van der Waals surface area contributed by atoms with Crippen LogP contribution in [0.4, 0.5) is 5.69 Å². The van der Waals surface area contributed by atoms with E-state index in [0.29, 0.717) is 18.8 Å². The quantitative estimate of drug-likeness (QED) is 0.680. The number of sulfonamides is 1. The lowest BCUT2D eigenvalue weighted by Gasteiger charge is -2.17. The third-order valence-electron chi connectivity index (χ3n) is 3.67. The van der Waals surface area contributed by atoms with E-state index < -0.39 is 10.0 Å². The minimum atomic E-state index is -3.48. The van der Waals surface area contributed by atoms with Crippen molar-refractivity contribution in [2.24, 2.45) is 5.41 Å². The van der Waals surface area contributed by atoms with Crippen LogP contribution in [0, 0.1) is 5.41 Å². The Morgan fingerprint density at radius 3 is 2.60 bits per heavy atom. The topological polar surface area (TPSA) is 78.4 Å². The number of rotatable bonds is 8. The molecule has 6 heteroatoms. The highest BCUT2D eigenvalue weighted by molar-refractivity contribution is 7.89. The van der Waals surface area contributed by atoms with Crippen molar-refractivity contribution in [2.75, 3.05) is 25.0 Å². The number of aliphatic hydroxyl groups excluding tert-OH is 1. The lowest BCUT2D eigenvalue weighted by Crippen LogP contribution is -2.26. The van der Waals surface area contributed by atoms with Crippen molar-refractivity contribution in [3.63, 3.8) is 0 Å². The van der Waals surface area contributed by atoms with Crippen molar-refractivity contribution in [2.45, 2.75) is 31.1 Å². The minimum absolute atomic E-state index is 0.0618. The van der Waals surface area contributed by atoms with E-state index in [9.17, 15) is 13.5 Å². The molecule has 0 aliphatic heterocycles. The zero-order valence-corrected chi connectivity index (χ0v) is 12.5. The van der Waals surface area contributed by atoms with Gasteiger partial charge in [0, 0.05) is 18.5 Å². The maximum Gasteiger partial charge on any atom is 0.242 e. The smallest absolute Gasteiger partial charge is 0.242 e. The maximum absolute atomic E-state index is 12.2. The van der Waals surface area contributed by atoms with Gasteiger partial charge in [0.25, 0.3) is 0 Å². The van der Waals surface area contributed by atoms with Crippen LogP contribution in [0.5, 0.6) is 0 Å². The van der Waals surface area contributed by atoms with E-state index >= 15 is 0 Å². The Balaban J connectivity index is 2.13. The summed E-state index contributed by atoms with van der Waals surface area (Å²) in [4.78, 5) is 0.266. The molecule has 1 aromatic carbocycles. The first-order chi connectivity index (χ1) is 9.53. The average Bonchev–Trinajstić information content (AvgIpc) is 3.24. The molecule has 0 aromatic heterocycles. The van der Waals surface area contributed by atoms with E-state index in [1.54, 1.807) is 24.3 Å². The van der Waals surface area contributed by atoms with E-state index in [1.165, 1.54) is 0 Å². The highest BCUT2D eigenvalue weighted by Gasteiger charge is 2.41. The summed E-state index contributed by atoms with van der Waals surface area (Å²) in [5.41, 5.74) is 0.532. The third-order valence-corrected chi connectivity index (χ3v) is 5.18. The molecule has 0 heterocycles. The number of nitrogens with one attached hydrogen (secondary N) is 2. The van der Waals surface area contributed by atoms with Gasteiger partial charge in [-0.25, -0.2) is 13.1 Å². The van der Waals surface area contributed by atoms with Crippen LogP contribution < -0.4 is 10.0 Å². The largest absolute Gasteiger partial charge is 0.396 e. The monoisotopic (exact) mass is 298 g/mol. The maximum atomic E-state index is 12.2. The predicted molar refractivity (Wildman–Crippen MR) is 79.2 cm³/mol. The van der Waals surface area contributed by atoms with Crippen LogP contribution in [0.15, 0.2) is 29.2 Å². The number of para-hydroxylation sites is 1. The van der Waals surface area contributed by atoms with Crippen molar-refractivity contribution in [1.82, 2.24) is 4.72 Å². The van der Waals surface area contributed by atoms with E-state index in [0.717, 1.165) is 19.3 Å². The van der Waals surface area contributed by atoms with Gasteiger partial charge < -0.3 is 10.4 Å². The van der Waals surface area contributed by atoms with Crippen LogP contribution in [0.25, 0.3) is 0 Å². The summed E-state index contributed by atoms with van der Waals surface area (Å²) in [6, 6.07) is 6.87. The van der Waals surface area contributed by atoms with Crippen LogP contribution in [0.2, 0.25) is 0 Å². The molecule has 112 valence electrons. The Morgan fingerprint density at radius 1 is 1.30 bits per heavy atom. The summed E-state index contributed by atoms with van der Waals surface area (Å²) in [5.74, 6) is 0. The Morgan fingerprint density at radius 2 is 2.00 bits per heavy atom. The van der Waals surface area contributed by atoms with E-state index in [2.05, 4.69) is 10.0 Å². The molecular formula is C14H22N2O3S. The Labute approximate surface area is 120 Å². The summed E-state index contributed by atoms with van der Waals surface area (Å²) in [7, 11) is -3.48.